The summed E-state index contributed by atoms with van der Waals surface area (Å²) in [5.41, 5.74) is 0. The molecule has 1 heterocycles. The lowest BCUT2D eigenvalue weighted by Crippen LogP contribution is -2.01. The Morgan fingerprint density at radius 1 is 1.50 bits per heavy atom. The molecule has 0 aliphatic rings. The highest BCUT2D eigenvalue weighted by Gasteiger charge is 2.12. The van der Waals surface area contributed by atoms with Gasteiger partial charge in [-0.2, -0.15) is 11.8 Å². The van der Waals surface area contributed by atoms with E-state index in [4.69, 9.17) is 11.6 Å². The first-order chi connectivity index (χ1) is 6.61. The monoisotopic (exact) mass is 250 g/mol. The predicted octanol–water partition coefficient (Wildman–Crippen LogP) is 3.82. The largest absolute Gasteiger partial charge is 0.387 e. The van der Waals surface area contributed by atoms with E-state index in [-0.39, 0.29) is 0 Å². The molecule has 0 fully saturated rings. The fraction of sp³-hybridized carbons (Fsp3) is 0.600. The lowest BCUT2D eigenvalue weighted by Gasteiger charge is -2.10. The molecule has 1 nitrogen and oxygen atoms in total. The molecule has 1 aromatic rings. The number of aliphatic hydroxyl groups excluding tert-OH is 1. The summed E-state index contributed by atoms with van der Waals surface area (Å²) in [6.45, 7) is 4.36. The maximum absolute atomic E-state index is 9.81. The Kier molecular flexibility index (Phi) is 5.31. The second-order valence-corrected chi connectivity index (χ2v) is 6.01. The molecular formula is C10H15ClOS2. The van der Waals surface area contributed by atoms with Crippen LogP contribution < -0.4 is 0 Å². The third kappa shape index (κ3) is 3.81. The van der Waals surface area contributed by atoms with Crippen LogP contribution in [0.5, 0.6) is 0 Å². The maximum Gasteiger partial charge on any atom is 0.0986 e. The third-order valence-electron chi connectivity index (χ3n) is 1.67. The average Bonchev–Trinajstić information content (AvgIpc) is 2.50. The smallest absolute Gasteiger partial charge is 0.0986 e. The maximum atomic E-state index is 9.81. The first-order valence-electron chi connectivity index (χ1n) is 4.60. The van der Waals surface area contributed by atoms with Gasteiger partial charge in [0.2, 0.25) is 0 Å². The van der Waals surface area contributed by atoms with Crippen molar-refractivity contribution in [1.29, 1.82) is 0 Å². The van der Waals surface area contributed by atoms with E-state index in [0.29, 0.717) is 10.9 Å². The Bertz CT molecular complexity index is 273. The summed E-state index contributed by atoms with van der Waals surface area (Å²) in [6, 6.07) is 1.83. The molecule has 1 N–H and O–H groups in total. The molecule has 0 aromatic carbocycles. The minimum atomic E-state index is -0.411. The molecule has 0 saturated heterocycles. The molecule has 0 amide bonds. The lowest BCUT2D eigenvalue weighted by atomic mass is 10.3. The first-order valence-corrected chi connectivity index (χ1v) is 7.01. The molecule has 14 heavy (non-hydrogen) atoms. The van der Waals surface area contributed by atoms with Gasteiger partial charge < -0.3 is 5.11 Å². The van der Waals surface area contributed by atoms with Crippen molar-refractivity contribution < 1.29 is 5.11 Å². The highest BCUT2D eigenvalue weighted by Crippen LogP contribution is 2.30. The number of hydrogen-bond acceptors (Lipinski definition) is 3. The van der Waals surface area contributed by atoms with Gasteiger partial charge in [0.15, 0.2) is 0 Å². The standard InChI is InChI=1S/C10H15ClOS2/c1-7(2)5-13-6-9(12)10-8(11)3-4-14-10/h3-4,7,9,12H,5-6H2,1-2H3. The molecule has 0 bridgehead atoms. The van der Waals surface area contributed by atoms with Crippen molar-refractivity contribution in [1.82, 2.24) is 0 Å². The summed E-state index contributed by atoms with van der Waals surface area (Å²) in [4.78, 5) is 0.892. The average molecular weight is 251 g/mol. The van der Waals surface area contributed by atoms with Gasteiger partial charge in [-0.3, -0.25) is 0 Å². The van der Waals surface area contributed by atoms with Crippen molar-refractivity contribution in [2.45, 2.75) is 20.0 Å². The van der Waals surface area contributed by atoms with Gasteiger partial charge in [-0.25, -0.2) is 0 Å². The van der Waals surface area contributed by atoms with Crippen LogP contribution in [0.4, 0.5) is 0 Å². The third-order valence-corrected chi connectivity index (χ3v) is 4.59. The Morgan fingerprint density at radius 3 is 2.71 bits per heavy atom. The Hall–Kier alpha value is 0.300. The lowest BCUT2D eigenvalue weighted by molar-refractivity contribution is 0.208. The van der Waals surface area contributed by atoms with Crippen LogP contribution in [0, 0.1) is 5.92 Å². The van der Waals surface area contributed by atoms with Crippen LogP contribution in [0.3, 0.4) is 0 Å². The van der Waals surface area contributed by atoms with Gasteiger partial charge in [0.1, 0.15) is 0 Å². The van der Waals surface area contributed by atoms with Crippen LogP contribution in [-0.2, 0) is 0 Å². The minimum Gasteiger partial charge on any atom is -0.387 e. The van der Waals surface area contributed by atoms with Gasteiger partial charge in [-0.1, -0.05) is 25.4 Å². The Morgan fingerprint density at radius 2 is 2.21 bits per heavy atom. The van der Waals surface area contributed by atoms with Gasteiger partial charge in [0, 0.05) is 5.75 Å². The second-order valence-electron chi connectivity index (χ2n) is 3.58. The minimum absolute atomic E-state index is 0.411. The van der Waals surface area contributed by atoms with Gasteiger partial charge in [-0.05, 0) is 23.1 Å². The van der Waals surface area contributed by atoms with E-state index in [9.17, 15) is 5.11 Å². The number of thioether (sulfide) groups is 1. The normalized spacial score (nSPS) is 13.5. The summed E-state index contributed by atoms with van der Waals surface area (Å²) in [6.07, 6.45) is -0.411. The quantitative estimate of drug-likeness (QED) is 0.857. The molecule has 1 rings (SSSR count). The molecule has 1 aromatic heterocycles. The van der Waals surface area contributed by atoms with Crippen LogP contribution in [0.1, 0.15) is 24.8 Å². The zero-order chi connectivity index (χ0) is 10.6. The van der Waals surface area contributed by atoms with E-state index in [2.05, 4.69) is 13.8 Å². The van der Waals surface area contributed by atoms with Crippen molar-refractivity contribution >= 4 is 34.7 Å². The molecular weight excluding hydrogens is 236 g/mol. The highest BCUT2D eigenvalue weighted by atomic mass is 35.5. The van der Waals surface area contributed by atoms with Crippen molar-refractivity contribution in [2.24, 2.45) is 5.92 Å². The van der Waals surface area contributed by atoms with Crippen LogP contribution in [-0.4, -0.2) is 16.6 Å². The molecule has 1 atom stereocenters. The number of thiophene rings is 1. The summed E-state index contributed by atoms with van der Waals surface area (Å²) >= 11 is 9.21. The molecule has 0 radical (unpaired) electrons. The van der Waals surface area contributed by atoms with Gasteiger partial charge in [0.25, 0.3) is 0 Å². The summed E-state index contributed by atoms with van der Waals surface area (Å²) in [5, 5.41) is 12.4. The zero-order valence-electron chi connectivity index (χ0n) is 8.37. The Labute approximate surface area is 98.5 Å². The highest BCUT2D eigenvalue weighted by molar-refractivity contribution is 7.99. The van der Waals surface area contributed by atoms with Crippen LogP contribution in [0.25, 0.3) is 0 Å². The van der Waals surface area contributed by atoms with Crippen LogP contribution in [0.2, 0.25) is 5.02 Å². The van der Waals surface area contributed by atoms with E-state index in [1.165, 1.54) is 11.3 Å². The molecule has 4 heteroatoms. The van der Waals surface area contributed by atoms with Gasteiger partial charge in [-0.15, -0.1) is 11.3 Å². The number of hydrogen-bond donors (Lipinski definition) is 1. The van der Waals surface area contributed by atoms with Crippen molar-refractivity contribution in [2.75, 3.05) is 11.5 Å². The van der Waals surface area contributed by atoms with Crippen LogP contribution >= 0.6 is 34.7 Å². The van der Waals surface area contributed by atoms with Crippen LogP contribution in [0.15, 0.2) is 11.4 Å². The fourth-order valence-corrected chi connectivity index (χ4v) is 3.31. The summed E-state index contributed by atoms with van der Waals surface area (Å²) in [7, 11) is 0. The molecule has 0 aliphatic heterocycles. The van der Waals surface area contributed by atoms with Gasteiger partial charge >= 0.3 is 0 Å². The van der Waals surface area contributed by atoms with E-state index in [1.54, 1.807) is 11.8 Å². The fourth-order valence-electron chi connectivity index (χ4n) is 1.03. The number of halogens is 1. The summed E-state index contributed by atoms with van der Waals surface area (Å²) < 4.78 is 0. The molecule has 0 aliphatic carbocycles. The molecule has 0 saturated carbocycles. The molecule has 1 unspecified atom stereocenters. The topological polar surface area (TPSA) is 20.2 Å². The molecule has 80 valence electrons. The van der Waals surface area contributed by atoms with E-state index in [0.717, 1.165) is 16.4 Å². The Balaban J connectivity index is 2.36. The number of rotatable bonds is 5. The van der Waals surface area contributed by atoms with Crippen molar-refractivity contribution in [3.8, 4) is 0 Å². The van der Waals surface area contributed by atoms with E-state index < -0.39 is 6.10 Å². The second kappa shape index (κ2) is 6.01. The predicted molar refractivity (Wildman–Crippen MR) is 66.5 cm³/mol. The zero-order valence-corrected chi connectivity index (χ0v) is 10.8. The number of aliphatic hydroxyl groups is 1. The molecule has 0 spiro atoms. The van der Waals surface area contributed by atoms with E-state index >= 15 is 0 Å². The first kappa shape index (κ1) is 12.4. The summed E-state index contributed by atoms with van der Waals surface area (Å²) in [5.74, 6) is 2.49. The SMILES string of the molecule is CC(C)CSCC(O)c1sccc1Cl. The van der Waals surface area contributed by atoms with Crippen molar-refractivity contribution in [3.63, 3.8) is 0 Å². The van der Waals surface area contributed by atoms with E-state index in [1.807, 2.05) is 11.4 Å². The van der Waals surface area contributed by atoms with Crippen molar-refractivity contribution in [3.05, 3.63) is 21.3 Å². The van der Waals surface area contributed by atoms with Gasteiger partial charge in [0.05, 0.1) is 16.0 Å².